The number of hydrogen-bond donors (Lipinski definition) is 3. The largest absolute Gasteiger partial charge is 0.480 e. The molecule has 0 fully saturated rings. The number of carboxylic acid groups (broad SMARTS) is 1. The Labute approximate surface area is 137 Å². The third kappa shape index (κ3) is 4.04. The summed E-state index contributed by atoms with van der Waals surface area (Å²) in [6.45, 7) is 0. The van der Waals surface area contributed by atoms with Gasteiger partial charge in [0.1, 0.15) is 10.3 Å². The zero-order valence-electron chi connectivity index (χ0n) is 10.2. The zero-order valence-corrected chi connectivity index (χ0v) is 14.2. The number of thiophene rings is 1. The molecule has 3 N–H and O–H groups in total. The number of halogens is 2. The molecule has 0 radical (unpaired) electrons. The Morgan fingerprint density at radius 1 is 1.62 bits per heavy atom. The van der Waals surface area contributed by atoms with Gasteiger partial charge in [-0.3, -0.25) is 4.79 Å². The molecule has 1 atom stereocenters. The number of carbonyl (C=O) groups is 1. The van der Waals surface area contributed by atoms with Crippen LogP contribution in [0.25, 0.3) is 0 Å². The molecule has 0 saturated carbocycles. The van der Waals surface area contributed by atoms with Crippen LogP contribution in [0, 0.1) is 0 Å². The van der Waals surface area contributed by atoms with Crippen molar-refractivity contribution >= 4 is 54.9 Å². The first-order valence-corrected chi connectivity index (χ1v) is 8.94. The molecular weight excluding hydrogens is 406 g/mol. The Kier molecular flexibility index (Phi) is 5.04. The van der Waals surface area contributed by atoms with Gasteiger partial charge in [0, 0.05) is 18.3 Å². The number of rotatable bonds is 6. The minimum atomic E-state index is -3.97. The maximum absolute atomic E-state index is 12.2. The molecule has 0 bridgehead atoms. The number of imidazole rings is 1. The van der Waals surface area contributed by atoms with Gasteiger partial charge in [0.15, 0.2) is 0 Å². The lowest BCUT2D eigenvalue weighted by Crippen LogP contribution is -2.42. The lowest BCUT2D eigenvalue weighted by atomic mass is 10.2. The molecule has 0 aliphatic carbocycles. The topological polar surface area (TPSA) is 112 Å². The van der Waals surface area contributed by atoms with Crippen molar-refractivity contribution in [2.75, 3.05) is 0 Å². The van der Waals surface area contributed by atoms with Crippen molar-refractivity contribution < 1.29 is 18.3 Å². The van der Waals surface area contributed by atoms with Crippen molar-refractivity contribution in [3.63, 3.8) is 0 Å². The second-order valence-corrected chi connectivity index (χ2v) is 8.70. The fourth-order valence-electron chi connectivity index (χ4n) is 1.50. The van der Waals surface area contributed by atoms with E-state index in [1.165, 1.54) is 18.6 Å². The standard InChI is InChI=1S/C10H9BrClN3O4S2/c11-9-6(12)2-8(20-9)21(18,19)15-7(10(16)17)1-5-3-13-4-14-5/h2-4,7,15H,1H2,(H,13,14)(H,16,17)/t7-/m0/s1. The van der Waals surface area contributed by atoms with Crippen LogP contribution >= 0.6 is 38.9 Å². The Morgan fingerprint density at radius 3 is 2.81 bits per heavy atom. The van der Waals surface area contributed by atoms with E-state index in [2.05, 4.69) is 30.6 Å². The summed E-state index contributed by atoms with van der Waals surface area (Å²) in [6, 6.07) is -0.0524. The van der Waals surface area contributed by atoms with Crippen molar-refractivity contribution in [1.82, 2.24) is 14.7 Å². The molecular formula is C10H9BrClN3O4S2. The highest BCUT2D eigenvalue weighted by Crippen LogP contribution is 2.34. The van der Waals surface area contributed by atoms with Crippen molar-refractivity contribution in [3.05, 3.63) is 33.1 Å². The Morgan fingerprint density at radius 2 is 2.33 bits per heavy atom. The van der Waals surface area contributed by atoms with Crippen LogP contribution in [0.2, 0.25) is 5.02 Å². The Bertz CT molecular complexity index is 725. The molecule has 21 heavy (non-hydrogen) atoms. The van der Waals surface area contributed by atoms with Gasteiger partial charge in [-0.2, -0.15) is 4.72 Å². The number of H-pyrrole nitrogens is 1. The summed E-state index contributed by atoms with van der Waals surface area (Å²) in [5.74, 6) is -1.28. The molecule has 0 spiro atoms. The number of nitrogens with zero attached hydrogens (tertiary/aromatic N) is 1. The van der Waals surface area contributed by atoms with Gasteiger partial charge in [-0.1, -0.05) is 11.6 Å². The number of carboxylic acids is 1. The van der Waals surface area contributed by atoms with Gasteiger partial charge in [-0.15, -0.1) is 11.3 Å². The third-order valence-electron chi connectivity index (χ3n) is 2.46. The third-order valence-corrected chi connectivity index (χ3v) is 6.88. The number of hydrogen-bond acceptors (Lipinski definition) is 5. The SMILES string of the molecule is O=C(O)[C@H](Cc1cnc[nH]1)NS(=O)(=O)c1cc(Cl)c(Br)s1. The van der Waals surface area contributed by atoms with E-state index < -0.39 is 22.0 Å². The summed E-state index contributed by atoms with van der Waals surface area (Å²) < 4.78 is 26.9. The minimum Gasteiger partial charge on any atom is -0.480 e. The van der Waals surface area contributed by atoms with Crippen LogP contribution in [0.5, 0.6) is 0 Å². The number of aromatic amines is 1. The summed E-state index contributed by atoms with van der Waals surface area (Å²) in [4.78, 5) is 17.7. The van der Waals surface area contributed by atoms with E-state index in [9.17, 15) is 13.2 Å². The average molecular weight is 415 g/mol. The van der Waals surface area contributed by atoms with E-state index in [0.29, 0.717) is 9.48 Å². The second kappa shape index (κ2) is 6.44. The highest BCUT2D eigenvalue weighted by atomic mass is 79.9. The summed E-state index contributed by atoms with van der Waals surface area (Å²) in [5.41, 5.74) is 0.510. The molecule has 2 heterocycles. The summed E-state index contributed by atoms with van der Waals surface area (Å²) in [6.07, 6.45) is 2.77. The fourth-order valence-corrected chi connectivity index (χ4v) is 5.10. The molecule has 0 aromatic carbocycles. The first-order chi connectivity index (χ1) is 9.79. The molecule has 0 amide bonds. The molecule has 11 heteroatoms. The predicted octanol–water partition coefficient (Wildman–Crippen LogP) is 1.86. The zero-order chi connectivity index (χ0) is 15.6. The van der Waals surface area contributed by atoms with E-state index in [-0.39, 0.29) is 15.7 Å². The van der Waals surface area contributed by atoms with Crippen LogP contribution in [0.1, 0.15) is 5.69 Å². The minimum absolute atomic E-state index is 0.0468. The molecule has 2 aromatic rings. The van der Waals surface area contributed by atoms with E-state index in [4.69, 9.17) is 16.7 Å². The van der Waals surface area contributed by atoms with Crippen LogP contribution < -0.4 is 4.72 Å². The van der Waals surface area contributed by atoms with Crippen molar-refractivity contribution in [3.8, 4) is 0 Å². The Hall–Kier alpha value is -0.940. The van der Waals surface area contributed by atoms with Gasteiger partial charge in [0.05, 0.1) is 15.1 Å². The number of aliphatic carboxylic acids is 1. The molecule has 2 aromatic heterocycles. The van der Waals surface area contributed by atoms with Crippen LogP contribution in [-0.4, -0.2) is 35.5 Å². The molecule has 114 valence electrons. The summed E-state index contributed by atoms with van der Waals surface area (Å²) in [7, 11) is -3.97. The maximum atomic E-state index is 12.2. The predicted molar refractivity (Wildman–Crippen MR) is 81.1 cm³/mol. The summed E-state index contributed by atoms with van der Waals surface area (Å²) >= 11 is 9.81. The van der Waals surface area contributed by atoms with Crippen molar-refractivity contribution in [2.45, 2.75) is 16.7 Å². The molecule has 0 unspecified atom stereocenters. The summed E-state index contributed by atoms with van der Waals surface area (Å²) in [5, 5.41) is 9.40. The van der Waals surface area contributed by atoms with E-state index in [1.807, 2.05) is 0 Å². The lowest BCUT2D eigenvalue weighted by Gasteiger charge is -2.12. The van der Waals surface area contributed by atoms with Gasteiger partial charge >= 0.3 is 5.97 Å². The average Bonchev–Trinajstić information content (AvgIpc) is 3.00. The van der Waals surface area contributed by atoms with Gasteiger partial charge in [-0.25, -0.2) is 13.4 Å². The number of nitrogens with one attached hydrogen (secondary N) is 2. The molecule has 0 aliphatic rings. The Balaban J connectivity index is 2.21. The van der Waals surface area contributed by atoms with Crippen LogP contribution in [0.15, 0.2) is 26.6 Å². The van der Waals surface area contributed by atoms with Gasteiger partial charge in [0.2, 0.25) is 0 Å². The molecule has 0 saturated heterocycles. The smallest absolute Gasteiger partial charge is 0.322 e. The number of sulfonamides is 1. The fraction of sp³-hybridized carbons (Fsp3) is 0.200. The van der Waals surface area contributed by atoms with E-state index in [1.54, 1.807) is 0 Å². The molecule has 0 aliphatic heterocycles. The van der Waals surface area contributed by atoms with Gasteiger partial charge in [0.25, 0.3) is 10.0 Å². The quantitative estimate of drug-likeness (QED) is 0.668. The van der Waals surface area contributed by atoms with Crippen LogP contribution in [-0.2, 0) is 21.2 Å². The maximum Gasteiger partial charge on any atom is 0.322 e. The highest BCUT2D eigenvalue weighted by Gasteiger charge is 2.27. The van der Waals surface area contributed by atoms with E-state index >= 15 is 0 Å². The first kappa shape index (κ1) is 16.4. The van der Waals surface area contributed by atoms with Crippen LogP contribution in [0.4, 0.5) is 0 Å². The van der Waals surface area contributed by atoms with Crippen molar-refractivity contribution in [1.29, 1.82) is 0 Å². The number of aromatic nitrogens is 2. The van der Waals surface area contributed by atoms with Gasteiger partial charge < -0.3 is 10.1 Å². The molecule has 7 nitrogen and oxygen atoms in total. The highest BCUT2D eigenvalue weighted by molar-refractivity contribution is 9.11. The van der Waals surface area contributed by atoms with E-state index in [0.717, 1.165) is 11.3 Å². The first-order valence-electron chi connectivity index (χ1n) is 5.47. The monoisotopic (exact) mass is 413 g/mol. The second-order valence-electron chi connectivity index (χ2n) is 3.98. The molecule has 2 rings (SSSR count). The van der Waals surface area contributed by atoms with Crippen molar-refractivity contribution in [2.24, 2.45) is 0 Å². The lowest BCUT2D eigenvalue weighted by molar-refractivity contribution is -0.138. The normalized spacial score (nSPS) is 13.2. The van der Waals surface area contributed by atoms with Gasteiger partial charge in [-0.05, 0) is 22.0 Å². The van der Waals surface area contributed by atoms with Crippen LogP contribution in [0.3, 0.4) is 0 Å².